The molecule has 0 aliphatic rings. The number of hydrogen-bond acceptors (Lipinski definition) is 3. The Morgan fingerprint density at radius 2 is 1.72 bits per heavy atom. The molecule has 1 N–H and O–H groups in total. The normalized spacial score (nSPS) is 10.8. The number of ether oxygens (including phenoxy) is 1. The first kappa shape index (κ1) is 21.3. The van der Waals surface area contributed by atoms with Crippen molar-refractivity contribution < 1.29 is 13.9 Å². The first-order valence-electron chi connectivity index (χ1n) is 10.3. The van der Waals surface area contributed by atoms with Gasteiger partial charge >= 0.3 is 0 Å². The van der Waals surface area contributed by atoms with Gasteiger partial charge in [-0.15, -0.1) is 0 Å². The van der Waals surface area contributed by atoms with Crippen LogP contribution in [-0.2, 0) is 24.2 Å². The Kier molecular flexibility index (Phi) is 6.31. The zero-order chi connectivity index (χ0) is 22.5. The lowest BCUT2D eigenvalue weighted by atomic mass is 10.0. The van der Waals surface area contributed by atoms with Crippen LogP contribution in [-0.4, -0.2) is 17.6 Å². The topological polar surface area (TPSA) is 60.3 Å². The molecule has 0 saturated heterocycles. The number of carbonyl (C=O) groups is 1. The van der Waals surface area contributed by atoms with Crippen LogP contribution < -0.4 is 15.6 Å². The summed E-state index contributed by atoms with van der Waals surface area (Å²) in [7, 11) is 1.54. The van der Waals surface area contributed by atoms with Gasteiger partial charge in [0.25, 0.3) is 5.56 Å². The molecule has 6 heteroatoms. The second-order valence-corrected chi connectivity index (χ2v) is 7.50. The van der Waals surface area contributed by atoms with E-state index in [0.29, 0.717) is 29.7 Å². The number of halogens is 1. The van der Waals surface area contributed by atoms with Crippen LogP contribution in [0.4, 0.5) is 10.1 Å². The lowest BCUT2D eigenvalue weighted by Crippen LogP contribution is -2.30. The third-order valence-electron chi connectivity index (χ3n) is 5.35. The monoisotopic (exact) mass is 430 g/mol. The highest BCUT2D eigenvalue weighted by Gasteiger charge is 2.15. The number of nitrogens with one attached hydrogen (secondary N) is 1. The van der Waals surface area contributed by atoms with Crippen molar-refractivity contribution in [1.29, 1.82) is 0 Å². The summed E-state index contributed by atoms with van der Waals surface area (Å²) < 4.78 is 20.7. The smallest absolute Gasteiger partial charge is 0.254 e. The van der Waals surface area contributed by atoms with Crippen LogP contribution in [0.3, 0.4) is 0 Å². The van der Waals surface area contributed by atoms with Crippen LogP contribution in [0.25, 0.3) is 10.9 Å². The number of pyridine rings is 1. The van der Waals surface area contributed by atoms with E-state index in [1.54, 1.807) is 25.3 Å². The highest BCUT2D eigenvalue weighted by Crippen LogP contribution is 2.21. The number of aromatic nitrogens is 1. The molecule has 162 valence electrons. The molecule has 0 bridgehead atoms. The molecule has 0 aliphatic carbocycles. The molecule has 0 atom stereocenters. The van der Waals surface area contributed by atoms with Crippen LogP contribution in [0.15, 0.2) is 83.7 Å². The Hall–Kier alpha value is -3.93. The minimum Gasteiger partial charge on any atom is -0.497 e. The van der Waals surface area contributed by atoms with E-state index in [2.05, 4.69) is 5.32 Å². The molecule has 0 fully saturated rings. The molecule has 0 radical (unpaired) electrons. The van der Waals surface area contributed by atoms with E-state index in [0.717, 1.165) is 10.9 Å². The molecular weight excluding hydrogens is 407 g/mol. The molecule has 3 aromatic carbocycles. The van der Waals surface area contributed by atoms with Crippen molar-refractivity contribution in [2.24, 2.45) is 0 Å². The number of benzene rings is 3. The first-order chi connectivity index (χ1) is 15.5. The van der Waals surface area contributed by atoms with Crippen molar-refractivity contribution in [3.05, 3.63) is 106 Å². The number of hydrogen-bond donors (Lipinski definition) is 1. The summed E-state index contributed by atoms with van der Waals surface area (Å²) >= 11 is 0. The Morgan fingerprint density at radius 3 is 2.47 bits per heavy atom. The minimum atomic E-state index is -0.531. The van der Waals surface area contributed by atoms with Gasteiger partial charge in [-0.2, -0.15) is 0 Å². The Morgan fingerprint density at radius 1 is 0.969 bits per heavy atom. The zero-order valence-corrected chi connectivity index (χ0v) is 17.7. The van der Waals surface area contributed by atoms with Gasteiger partial charge in [-0.1, -0.05) is 42.5 Å². The fourth-order valence-corrected chi connectivity index (χ4v) is 3.69. The van der Waals surface area contributed by atoms with Crippen LogP contribution in [0, 0.1) is 5.82 Å². The van der Waals surface area contributed by atoms with Gasteiger partial charge in [-0.05, 0) is 54.1 Å². The maximum Gasteiger partial charge on any atom is 0.254 e. The number of aryl methyl sites for hydroxylation is 2. The molecule has 1 heterocycles. The molecule has 4 rings (SSSR count). The minimum absolute atomic E-state index is 0.0765. The summed E-state index contributed by atoms with van der Waals surface area (Å²) in [5.41, 5.74) is 2.16. The third-order valence-corrected chi connectivity index (χ3v) is 5.35. The van der Waals surface area contributed by atoms with Gasteiger partial charge in [-0.25, -0.2) is 4.39 Å². The van der Waals surface area contributed by atoms with Crippen molar-refractivity contribution in [3.63, 3.8) is 0 Å². The molecule has 1 amide bonds. The Balaban J connectivity index is 1.69. The van der Waals surface area contributed by atoms with Gasteiger partial charge in [0, 0.05) is 11.6 Å². The predicted octanol–water partition coefficient (Wildman–Crippen LogP) is 4.57. The molecule has 0 unspecified atom stereocenters. The van der Waals surface area contributed by atoms with Crippen molar-refractivity contribution >= 4 is 22.5 Å². The van der Waals surface area contributed by atoms with Gasteiger partial charge in [0.15, 0.2) is 0 Å². The summed E-state index contributed by atoms with van der Waals surface area (Å²) in [6, 6.07) is 23.1. The molecule has 4 aromatic rings. The average Bonchev–Trinajstić information content (AvgIpc) is 2.81. The standard InChI is InChI=1S/C26H23FN2O3/c1-32-21-14-13-19-15-20(12-11-18-7-3-2-4-8-18)26(31)29(24(19)16-21)17-25(30)28-23-10-6-5-9-22(23)27/h2-10,13-16H,11-12,17H2,1H3,(H,28,30). The van der Waals surface area contributed by atoms with Gasteiger partial charge in [-0.3, -0.25) is 14.2 Å². The van der Waals surface area contributed by atoms with Crippen LogP contribution in [0.5, 0.6) is 5.75 Å². The fraction of sp³-hybridized carbons (Fsp3) is 0.154. The highest BCUT2D eigenvalue weighted by molar-refractivity contribution is 5.92. The number of fused-ring (bicyclic) bond motifs is 1. The van der Waals surface area contributed by atoms with Crippen LogP contribution in [0.2, 0.25) is 0 Å². The van der Waals surface area contributed by atoms with E-state index < -0.39 is 11.7 Å². The third kappa shape index (κ3) is 4.70. The van der Waals surface area contributed by atoms with E-state index in [1.807, 2.05) is 48.5 Å². The van der Waals surface area contributed by atoms with E-state index >= 15 is 0 Å². The zero-order valence-electron chi connectivity index (χ0n) is 17.7. The van der Waals surface area contributed by atoms with Crippen molar-refractivity contribution in [1.82, 2.24) is 4.57 Å². The van der Waals surface area contributed by atoms with E-state index in [1.165, 1.54) is 16.7 Å². The molecule has 0 aliphatic heterocycles. The van der Waals surface area contributed by atoms with Gasteiger partial charge in [0.2, 0.25) is 5.91 Å². The lowest BCUT2D eigenvalue weighted by molar-refractivity contribution is -0.116. The molecular formula is C26H23FN2O3. The van der Waals surface area contributed by atoms with Crippen molar-refractivity contribution in [2.45, 2.75) is 19.4 Å². The highest BCUT2D eigenvalue weighted by atomic mass is 19.1. The quantitative estimate of drug-likeness (QED) is 0.467. The number of amides is 1. The summed E-state index contributed by atoms with van der Waals surface area (Å²) in [6.45, 7) is -0.240. The summed E-state index contributed by atoms with van der Waals surface area (Å²) in [5.74, 6) is -0.435. The van der Waals surface area contributed by atoms with Crippen molar-refractivity contribution in [2.75, 3.05) is 12.4 Å². The Labute approximate surface area is 185 Å². The number of para-hydroxylation sites is 1. The fourth-order valence-electron chi connectivity index (χ4n) is 3.69. The Bertz CT molecular complexity index is 1320. The second-order valence-electron chi connectivity index (χ2n) is 7.50. The summed E-state index contributed by atoms with van der Waals surface area (Å²) in [6.07, 6.45) is 1.25. The SMILES string of the molecule is COc1ccc2cc(CCc3ccccc3)c(=O)n(CC(=O)Nc3ccccc3F)c2c1. The van der Waals surface area contributed by atoms with Crippen molar-refractivity contribution in [3.8, 4) is 5.75 Å². The second kappa shape index (κ2) is 9.47. The van der Waals surface area contributed by atoms with Gasteiger partial charge in [0.05, 0.1) is 18.3 Å². The number of rotatable bonds is 7. The lowest BCUT2D eigenvalue weighted by Gasteiger charge is -2.14. The average molecular weight is 430 g/mol. The molecule has 1 aromatic heterocycles. The predicted molar refractivity (Wildman–Crippen MR) is 124 cm³/mol. The summed E-state index contributed by atoms with van der Waals surface area (Å²) in [5, 5.41) is 3.38. The number of anilines is 1. The number of carbonyl (C=O) groups excluding carboxylic acids is 1. The van der Waals surface area contributed by atoms with Crippen LogP contribution >= 0.6 is 0 Å². The maximum atomic E-state index is 13.9. The largest absolute Gasteiger partial charge is 0.497 e. The van der Waals surface area contributed by atoms with Crippen LogP contribution in [0.1, 0.15) is 11.1 Å². The van der Waals surface area contributed by atoms with Gasteiger partial charge in [0.1, 0.15) is 18.1 Å². The van der Waals surface area contributed by atoms with E-state index in [-0.39, 0.29) is 17.8 Å². The number of methoxy groups -OCH3 is 1. The molecule has 32 heavy (non-hydrogen) atoms. The number of nitrogens with zero attached hydrogens (tertiary/aromatic N) is 1. The molecule has 0 spiro atoms. The van der Waals surface area contributed by atoms with E-state index in [9.17, 15) is 14.0 Å². The summed E-state index contributed by atoms with van der Waals surface area (Å²) in [4.78, 5) is 26.0. The molecule has 5 nitrogen and oxygen atoms in total. The van der Waals surface area contributed by atoms with Gasteiger partial charge < -0.3 is 10.1 Å². The first-order valence-corrected chi connectivity index (χ1v) is 10.3. The maximum absolute atomic E-state index is 13.9. The molecule has 0 saturated carbocycles. The van der Waals surface area contributed by atoms with E-state index in [4.69, 9.17) is 4.74 Å².